The van der Waals surface area contributed by atoms with Crippen molar-refractivity contribution in [3.63, 3.8) is 0 Å². The van der Waals surface area contributed by atoms with Gasteiger partial charge >= 0.3 is 5.97 Å². The molecule has 3 rings (SSSR count). The van der Waals surface area contributed by atoms with E-state index in [0.717, 1.165) is 29.1 Å². The molecule has 0 saturated carbocycles. The Morgan fingerprint density at radius 3 is 2.37 bits per heavy atom. The average Bonchev–Trinajstić information content (AvgIpc) is 3.12. The number of ketones is 1. The Morgan fingerprint density at radius 2 is 1.78 bits per heavy atom. The number of ether oxygens (including phenoxy) is 1. The van der Waals surface area contributed by atoms with Crippen LogP contribution in [0, 0.1) is 0 Å². The van der Waals surface area contributed by atoms with E-state index in [1.165, 1.54) is 0 Å². The first-order valence-corrected chi connectivity index (χ1v) is 10.0. The van der Waals surface area contributed by atoms with E-state index in [2.05, 4.69) is 0 Å². The summed E-state index contributed by atoms with van der Waals surface area (Å²) in [4.78, 5) is 38.7. The number of carbonyl (C=O) groups is 3. The Balaban J connectivity index is 1.50. The molecule has 6 heteroatoms. The number of hydrogen-bond acceptors (Lipinski definition) is 5. The summed E-state index contributed by atoms with van der Waals surface area (Å²) < 4.78 is 5.11. The fourth-order valence-corrected chi connectivity index (χ4v) is 3.35. The van der Waals surface area contributed by atoms with Crippen LogP contribution in [0.2, 0.25) is 0 Å². The van der Waals surface area contributed by atoms with Gasteiger partial charge in [0, 0.05) is 29.1 Å². The van der Waals surface area contributed by atoms with Crippen LogP contribution in [0.25, 0.3) is 0 Å². The number of carbonyl (C=O) groups excluding carboxylic acids is 3. The summed E-state index contributed by atoms with van der Waals surface area (Å²) in [6.07, 6.45) is 3.52. The SMILES string of the molecule is CSc1ccc(C(=O)COC(=O)Cc2ccc(N3CCCC3=O)cc2)cc1. The third kappa shape index (κ3) is 4.98. The van der Waals surface area contributed by atoms with Crippen molar-refractivity contribution in [2.75, 3.05) is 24.3 Å². The lowest BCUT2D eigenvalue weighted by Crippen LogP contribution is -2.23. The lowest BCUT2D eigenvalue weighted by Gasteiger charge is -2.15. The van der Waals surface area contributed by atoms with Crippen LogP contribution in [-0.4, -0.2) is 37.1 Å². The van der Waals surface area contributed by atoms with Gasteiger partial charge in [-0.1, -0.05) is 24.3 Å². The van der Waals surface area contributed by atoms with E-state index in [4.69, 9.17) is 4.74 Å². The summed E-state index contributed by atoms with van der Waals surface area (Å²) in [5, 5.41) is 0. The van der Waals surface area contributed by atoms with Crippen LogP contribution >= 0.6 is 11.8 Å². The zero-order valence-electron chi connectivity index (χ0n) is 15.1. The third-order valence-electron chi connectivity index (χ3n) is 4.45. The van der Waals surface area contributed by atoms with E-state index in [1.807, 2.05) is 42.7 Å². The van der Waals surface area contributed by atoms with E-state index in [0.29, 0.717) is 12.0 Å². The lowest BCUT2D eigenvalue weighted by molar-refractivity contribution is -0.141. The third-order valence-corrected chi connectivity index (χ3v) is 5.19. The van der Waals surface area contributed by atoms with Gasteiger partial charge in [0.25, 0.3) is 0 Å². The molecule has 1 heterocycles. The molecule has 2 aromatic rings. The van der Waals surface area contributed by atoms with Crippen molar-refractivity contribution < 1.29 is 19.1 Å². The van der Waals surface area contributed by atoms with Crippen molar-refractivity contribution in [1.82, 2.24) is 0 Å². The largest absolute Gasteiger partial charge is 0.457 e. The molecule has 1 aliphatic rings. The highest BCUT2D eigenvalue weighted by molar-refractivity contribution is 7.98. The maximum absolute atomic E-state index is 12.1. The topological polar surface area (TPSA) is 63.7 Å². The summed E-state index contributed by atoms with van der Waals surface area (Å²) in [6, 6.07) is 14.5. The van der Waals surface area contributed by atoms with Crippen LogP contribution in [0.4, 0.5) is 5.69 Å². The zero-order chi connectivity index (χ0) is 19.2. The van der Waals surface area contributed by atoms with Gasteiger partial charge < -0.3 is 9.64 Å². The van der Waals surface area contributed by atoms with Gasteiger partial charge in [-0.25, -0.2) is 0 Å². The molecule has 0 radical (unpaired) electrons. The second kappa shape index (κ2) is 8.86. The van der Waals surface area contributed by atoms with Crippen molar-refractivity contribution in [3.8, 4) is 0 Å². The van der Waals surface area contributed by atoms with Gasteiger partial charge in [0.15, 0.2) is 12.4 Å². The first kappa shape index (κ1) is 19.2. The summed E-state index contributed by atoms with van der Waals surface area (Å²) in [5.41, 5.74) is 2.16. The van der Waals surface area contributed by atoms with E-state index in [-0.39, 0.29) is 24.7 Å². The van der Waals surface area contributed by atoms with Crippen molar-refractivity contribution in [1.29, 1.82) is 0 Å². The molecular weight excluding hydrogens is 362 g/mol. The summed E-state index contributed by atoms with van der Waals surface area (Å²) in [5.74, 6) is -0.542. The van der Waals surface area contributed by atoms with Crippen molar-refractivity contribution in [2.45, 2.75) is 24.2 Å². The fourth-order valence-electron chi connectivity index (χ4n) is 2.94. The number of amides is 1. The summed E-state index contributed by atoms with van der Waals surface area (Å²) in [6.45, 7) is 0.470. The second-order valence-corrected chi connectivity index (χ2v) is 7.18. The standard InChI is InChI=1S/C21H21NO4S/c1-27-18-10-6-16(7-11-18)19(23)14-26-21(25)13-15-4-8-17(9-5-15)22-12-2-3-20(22)24/h4-11H,2-3,12-14H2,1H3. The predicted molar refractivity (Wildman–Crippen MR) is 105 cm³/mol. The van der Waals surface area contributed by atoms with Gasteiger partial charge in [0.2, 0.25) is 5.91 Å². The van der Waals surface area contributed by atoms with E-state index in [9.17, 15) is 14.4 Å². The average molecular weight is 383 g/mol. The number of Topliss-reactive ketones (excluding diaryl/α,β-unsaturated/α-hetero) is 1. The molecule has 0 aliphatic carbocycles. The van der Waals surface area contributed by atoms with Crippen LogP contribution < -0.4 is 4.90 Å². The molecule has 0 spiro atoms. The van der Waals surface area contributed by atoms with Crippen molar-refractivity contribution in [3.05, 3.63) is 59.7 Å². The van der Waals surface area contributed by atoms with Gasteiger partial charge in [0.05, 0.1) is 6.42 Å². The Bertz CT molecular complexity index is 830. The van der Waals surface area contributed by atoms with Crippen molar-refractivity contribution >= 4 is 35.1 Å². The van der Waals surface area contributed by atoms with E-state index in [1.54, 1.807) is 28.8 Å². The minimum atomic E-state index is -0.450. The lowest BCUT2D eigenvalue weighted by atomic mass is 10.1. The number of esters is 1. The number of nitrogens with zero attached hydrogens (tertiary/aromatic N) is 1. The van der Waals surface area contributed by atoms with E-state index < -0.39 is 5.97 Å². The van der Waals surface area contributed by atoms with Crippen LogP contribution in [-0.2, 0) is 20.7 Å². The molecule has 1 saturated heterocycles. The van der Waals surface area contributed by atoms with Crippen molar-refractivity contribution in [2.24, 2.45) is 0 Å². The smallest absolute Gasteiger partial charge is 0.310 e. The Morgan fingerprint density at radius 1 is 1.07 bits per heavy atom. The fraction of sp³-hybridized carbons (Fsp3) is 0.286. The maximum Gasteiger partial charge on any atom is 0.310 e. The second-order valence-electron chi connectivity index (χ2n) is 6.30. The molecular formula is C21H21NO4S. The highest BCUT2D eigenvalue weighted by atomic mass is 32.2. The summed E-state index contributed by atoms with van der Waals surface area (Å²) in [7, 11) is 0. The Kier molecular flexibility index (Phi) is 6.29. The molecule has 0 unspecified atom stereocenters. The van der Waals surface area contributed by atoms with E-state index >= 15 is 0 Å². The zero-order valence-corrected chi connectivity index (χ0v) is 16.0. The minimum Gasteiger partial charge on any atom is -0.457 e. The monoisotopic (exact) mass is 383 g/mol. The Labute approximate surface area is 162 Å². The quantitative estimate of drug-likeness (QED) is 0.416. The molecule has 0 aromatic heterocycles. The van der Waals surface area contributed by atoms with Gasteiger partial charge in [-0.15, -0.1) is 11.8 Å². The first-order valence-electron chi connectivity index (χ1n) is 8.79. The van der Waals surface area contributed by atoms with Gasteiger partial charge in [-0.3, -0.25) is 14.4 Å². The number of hydrogen-bond donors (Lipinski definition) is 0. The summed E-state index contributed by atoms with van der Waals surface area (Å²) >= 11 is 1.60. The number of thioether (sulfide) groups is 1. The van der Waals surface area contributed by atoms with Crippen LogP contribution in [0.15, 0.2) is 53.4 Å². The van der Waals surface area contributed by atoms with Gasteiger partial charge in [-0.05, 0) is 42.5 Å². The molecule has 2 aromatic carbocycles. The number of rotatable bonds is 7. The molecule has 1 fully saturated rings. The molecule has 0 bridgehead atoms. The Hall–Kier alpha value is -2.60. The van der Waals surface area contributed by atoms with Crippen LogP contribution in [0.3, 0.4) is 0 Å². The number of benzene rings is 2. The van der Waals surface area contributed by atoms with Gasteiger partial charge in [0.1, 0.15) is 0 Å². The van der Waals surface area contributed by atoms with Gasteiger partial charge in [-0.2, -0.15) is 0 Å². The minimum absolute atomic E-state index is 0.0902. The number of anilines is 1. The molecule has 1 amide bonds. The first-order chi connectivity index (χ1) is 13.1. The normalized spacial score (nSPS) is 13.7. The molecule has 27 heavy (non-hydrogen) atoms. The highest BCUT2D eigenvalue weighted by Crippen LogP contribution is 2.22. The molecule has 1 aliphatic heterocycles. The highest BCUT2D eigenvalue weighted by Gasteiger charge is 2.21. The predicted octanol–water partition coefficient (Wildman–Crippen LogP) is 3.50. The van der Waals surface area contributed by atoms with Crippen LogP contribution in [0.5, 0.6) is 0 Å². The molecule has 0 N–H and O–H groups in total. The molecule has 140 valence electrons. The maximum atomic E-state index is 12.1. The van der Waals surface area contributed by atoms with Crippen LogP contribution in [0.1, 0.15) is 28.8 Å². The molecule has 0 atom stereocenters. The molecule has 5 nitrogen and oxygen atoms in total.